The lowest BCUT2D eigenvalue weighted by atomic mass is 10.4. The van der Waals surface area contributed by atoms with E-state index in [2.05, 4.69) is 0 Å². The molecule has 0 bridgehead atoms. The summed E-state index contributed by atoms with van der Waals surface area (Å²) in [6.07, 6.45) is 3.68. The molecule has 0 fully saturated rings. The standard InChI is InChI=1S/C5H10N2O/c6-4-2-1-3-5(7)8/h1,3H,2,4,6H2,(H2,7,8). The Bertz CT molecular complexity index is 98.6. The van der Waals surface area contributed by atoms with Crippen molar-refractivity contribution < 1.29 is 4.79 Å². The zero-order valence-corrected chi connectivity index (χ0v) is 4.63. The Labute approximate surface area is 48.4 Å². The minimum atomic E-state index is -0.418. The molecule has 4 N–H and O–H groups in total. The number of primary amides is 1. The second-order valence-corrected chi connectivity index (χ2v) is 1.38. The Morgan fingerprint density at radius 3 is 2.62 bits per heavy atom. The van der Waals surface area contributed by atoms with Gasteiger partial charge in [0, 0.05) is 0 Å². The number of amides is 1. The summed E-state index contributed by atoms with van der Waals surface area (Å²) in [6.45, 7) is 0.559. The zero-order valence-electron chi connectivity index (χ0n) is 4.63. The van der Waals surface area contributed by atoms with Crippen LogP contribution in [-0.2, 0) is 4.79 Å². The van der Waals surface area contributed by atoms with Crippen LogP contribution in [0.2, 0.25) is 0 Å². The molecule has 0 aliphatic carbocycles. The van der Waals surface area contributed by atoms with Crippen molar-refractivity contribution in [2.24, 2.45) is 11.5 Å². The highest BCUT2D eigenvalue weighted by atomic mass is 16.1. The Morgan fingerprint density at radius 1 is 1.62 bits per heavy atom. The van der Waals surface area contributed by atoms with E-state index in [4.69, 9.17) is 11.5 Å². The smallest absolute Gasteiger partial charge is 0.241 e. The second-order valence-electron chi connectivity index (χ2n) is 1.38. The summed E-state index contributed by atoms with van der Waals surface area (Å²) in [5, 5.41) is 0. The molecule has 0 aliphatic heterocycles. The van der Waals surface area contributed by atoms with E-state index in [0.29, 0.717) is 13.0 Å². The summed E-state index contributed by atoms with van der Waals surface area (Å²) in [4.78, 5) is 9.97. The van der Waals surface area contributed by atoms with Gasteiger partial charge in [0.15, 0.2) is 0 Å². The van der Waals surface area contributed by atoms with E-state index in [1.165, 1.54) is 6.08 Å². The number of carbonyl (C=O) groups excluding carboxylic acids is 1. The summed E-state index contributed by atoms with van der Waals surface area (Å²) in [5.74, 6) is -0.418. The number of rotatable bonds is 3. The predicted octanol–water partition coefficient (Wildman–Crippen LogP) is -0.623. The quantitative estimate of drug-likeness (QED) is 0.480. The molecule has 0 radical (unpaired) electrons. The molecule has 3 heteroatoms. The highest BCUT2D eigenvalue weighted by molar-refractivity contribution is 5.85. The van der Waals surface area contributed by atoms with Gasteiger partial charge in [0.25, 0.3) is 0 Å². The van der Waals surface area contributed by atoms with Crippen LogP contribution in [0.4, 0.5) is 0 Å². The Balaban J connectivity index is 3.20. The fourth-order valence-corrected chi connectivity index (χ4v) is 0.296. The maximum Gasteiger partial charge on any atom is 0.241 e. The third-order valence-electron chi connectivity index (χ3n) is 0.615. The lowest BCUT2D eigenvalue weighted by Gasteiger charge is -1.80. The molecule has 46 valence electrons. The summed E-state index contributed by atoms with van der Waals surface area (Å²) in [5.41, 5.74) is 9.88. The van der Waals surface area contributed by atoms with E-state index >= 15 is 0 Å². The molecule has 0 atom stereocenters. The first kappa shape index (κ1) is 7.17. The monoisotopic (exact) mass is 114 g/mol. The average Bonchev–Trinajstić information content (AvgIpc) is 1.66. The van der Waals surface area contributed by atoms with Gasteiger partial charge in [-0.1, -0.05) is 6.08 Å². The highest BCUT2D eigenvalue weighted by Gasteiger charge is 1.78. The molecule has 0 aromatic carbocycles. The van der Waals surface area contributed by atoms with Gasteiger partial charge in [0.2, 0.25) is 5.91 Å². The maximum atomic E-state index is 9.97. The highest BCUT2D eigenvalue weighted by Crippen LogP contribution is 1.75. The van der Waals surface area contributed by atoms with Crippen LogP contribution in [0.15, 0.2) is 12.2 Å². The topological polar surface area (TPSA) is 69.1 Å². The van der Waals surface area contributed by atoms with Gasteiger partial charge in [-0.3, -0.25) is 4.79 Å². The first-order chi connectivity index (χ1) is 3.77. The van der Waals surface area contributed by atoms with Crippen molar-refractivity contribution in [1.82, 2.24) is 0 Å². The molecule has 0 spiro atoms. The van der Waals surface area contributed by atoms with E-state index in [0.717, 1.165) is 0 Å². The van der Waals surface area contributed by atoms with Crippen LogP contribution < -0.4 is 11.5 Å². The van der Waals surface area contributed by atoms with Gasteiger partial charge in [-0.05, 0) is 19.0 Å². The first-order valence-electron chi connectivity index (χ1n) is 2.43. The van der Waals surface area contributed by atoms with E-state index in [-0.39, 0.29) is 0 Å². The molecule has 1 amide bonds. The normalized spacial score (nSPS) is 10.1. The Kier molecular flexibility index (Phi) is 3.88. The molecule has 0 rings (SSSR count). The second kappa shape index (κ2) is 4.33. The molecule has 0 saturated heterocycles. The SMILES string of the molecule is NCCC=CC(N)=O. The molecule has 0 aromatic heterocycles. The van der Waals surface area contributed by atoms with E-state index in [1.54, 1.807) is 6.08 Å². The van der Waals surface area contributed by atoms with Crippen LogP contribution in [0, 0.1) is 0 Å². The van der Waals surface area contributed by atoms with Gasteiger partial charge >= 0.3 is 0 Å². The lowest BCUT2D eigenvalue weighted by molar-refractivity contribution is -0.113. The van der Waals surface area contributed by atoms with Crippen molar-refractivity contribution in [1.29, 1.82) is 0 Å². The third-order valence-corrected chi connectivity index (χ3v) is 0.615. The van der Waals surface area contributed by atoms with Crippen LogP contribution in [0.5, 0.6) is 0 Å². The van der Waals surface area contributed by atoms with Gasteiger partial charge in [-0.15, -0.1) is 0 Å². The minimum absolute atomic E-state index is 0.418. The van der Waals surface area contributed by atoms with Gasteiger partial charge in [0.05, 0.1) is 0 Å². The van der Waals surface area contributed by atoms with Gasteiger partial charge in [-0.2, -0.15) is 0 Å². The van der Waals surface area contributed by atoms with Crippen LogP contribution in [0.25, 0.3) is 0 Å². The van der Waals surface area contributed by atoms with Crippen LogP contribution in [0.3, 0.4) is 0 Å². The third kappa shape index (κ3) is 5.17. The van der Waals surface area contributed by atoms with Crippen molar-refractivity contribution in [3.63, 3.8) is 0 Å². The summed E-state index contributed by atoms with van der Waals surface area (Å²) < 4.78 is 0. The van der Waals surface area contributed by atoms with Crippen molar-refractivity contribution >= 4 is 5.91 Å². The van der Waals surface area contributed by atoms with E-state index in [9.17, 15) is 4.79 Å². The summed E-state index contributed by atoms with van der Waals surface area (Å²) in [6, 6.07) is 0. The van der Waals surface area contributed by atoms with Crippen molar-refractivity contribution in [3.8, 4) is 0 Å². The summed E-state index contributed by atoms with van der Waals surface area (Å²) in [7, 11) is 0. The van der Waals surface area contributed by atoms with Crippen LogP contribution in [0.1, 0.15) is 6.42 Å². The molecule has 0 aromatic rings. The van der Waals surface area contributed by atoms with Crippen LogP contribution >= 0.6 is 0 Å². The predicted molar refractivity (Wildman–Crippen MR) is 32.0 cm³/mol. The molecule has 0 heterocycles. The maximum absolute atomic E-state index is 9.97. The molecular weight excluding hydrogens is 104 g/mol. The molecule has 0 unspecified atom stereocenters. The first-order valence-corrected chi connectivity index (χ1v) is 2.43. The Morgan fingerprint density at radius 2 is 2.25 bits per heavy atom. The van der Waals surface area contributed by atoms with E-state index in [1.807, 2.05) is 0 Å². The molecule has 0 saturated carbocycles. The molecule has 3 nitrogen and oxygen atoms in total. The van der Waals surface area contributed by atoms with E-state index < -0.39 is 5.91 Å². The van der Waals surface area contributed by atoms with Crippen LogP contribution in [-0.4, -0.2) is 12.5 Å². The number of nitrogens with two attached hydrogens (primary N) is 2. The number of hydrogen-bond donors (Lipinski definition) is 2. The fourth-order valence-electron chi connectivity index (χ4n) is 0.296. The van der Waals surface area contributed by atoms with Crippen molar-refractivity contribution in [3.05, 3.63) is 12.2 Å². The zero-order chi connectivity index (χ0) is 6.41. The lowest BCUT2D eigenvalue weighted by Crippen LogP contribution is -2.05. The molecule has 8 heavy (non-hydrogen) atoms. The summed E-state index contributed by atoms with van der Waals surface area (Å²) >= 11 is 0. The minimum Gasteiger partial charge on any atom is -0.366 e. The molecular formula is C5H10N2O. The Hall–Kier alpha value is -0.830. The fraction of sp³-hybridized carbons (Fsp3) is 0.400. The largest absolute Gasteiger partial charge is 0.366 e. The van der Waals surface area contributed by atoms with Crippen molar-refractivity contribution in [2.75, 3.05) is 6.54 Å². The average molecular weight is 114 g/mol. The van der Waals surface area contributed by atoms with Crippen molar-refractivity contribution in [2.45, 2.75) is 6.42 Å². The number of carbonyl (C=O) groups is 1. The number of hydrogen-bond acceptors (Lipinski definition) is 2. The van der Waals surface area contributed by atoms with Gasteiger partial charge in [0.1, 0.15) is 0 Å². The van der Waals surface area contributed by atoms with Gasteiger partial charge < -0.3 is 11.5 Å². The van der Waals surface area contributed by atoms with Gasteiger partial charge in [-0.25, -0.2) is 0 Å². The molecule has 0 aliphatic rings.